The van der Waals surface area contributed by atoms with Gasteiger partial charge in [-0.1, -0.05) is 72.8 Å². The molecule has 0 N–H and O–H groups in total. The molecule has 45 heavy (non-hydrogen) atoms. The number of thiophene rings is 1. The lowest BCUT2D eigenvalue weighted by Gasteiger charge is -2.10. The van der Waals surface area contributed by atoms with Crippen molar-refractivity contribution in [3.05, 3.63) is 121 Å². The van der Waals surface area contributed by atoms with E-state index in [4.69, 9.17) is 15.0 Å². The van der Waals surface area contributed by atoms with Gasteiger partial charge in [0.2, 0.25) is 0 Å². The molecule has 0 bridgehead atoms. The zero-order valence-electron chi connectivity index (χ0n) is 23.7. The first kappa shape index (κ1) is 24.0. The number of hydrogen-bond donors (Lipinski definition) is 0. The fraction of sp³-hybridized carbons (Fsp3) is 0. The van der Waals surface area contributed by atoms with Gasteiger partial charge in [-0.25, -0.2) is 15.0 Å². The minimum absolute atomic E-state index is 0.735. The van der Waals surface area contributed by atoms with Crippen LogP contribution in [0.1, 0.15) is 0 Å². The standard InChI is InChI=1S/C39H20N4S2/c1-4-13-29-25(10-1)35(26-12-7-11-24-23-9-3-6-15-33(23)45-37(24)26)42-39(41-29)21-16-17-32-28(18-21)34-36-27(19-30-38(34)44-20-40-30)22-8-2-5-14-31(22)43(32)36/h1-20H. The SMILES string of the molecule is c1ccc2c(-c3cccc4c3sc3ccccc34)nc(-c3ccc4c(c3)c3c5scnc5cc5c6ccccc6n4c53)nc2c1. The van der Waals surface area contributed by atoms with Crippen molar-refractivity contribution in [1.82, 2.24) is 19.4 Å². The molecule has 0 aliphatic heterocycles. The Bertz CT molecular complexity index is 3000. The molecule has 0 fully saturated rings. The van der Waals surface area contributed by atoms with Crippen molar-refractivity contribution in [3.63, 3.8) is 0 Å². The maximum absolute atomic E-state index is 5.35. The molecule has 5 heterocycles. The Labute approximate surface area is 263 Å². The molecular weight excluding hydrogens is 589 g/mol. The zero-order valence-corrected chi connectivity index (χ0v) is 25.3. The topological polar surface area (TPSA) is 43.1 Å². The van der Waals surface area contributed by atoms with Crippen molar-refractivity contribution in [2.75, 3.05) is 0 Å². The monoisotopic (exact) mass is 608 g/mol. The predicted molar refractivity (Wildman–Crippen MR) is 191 cm³/mol. The number of para-hydroxylation sites is 2. The number of thiazole rings is 1. The molecule has 0 spiro atoms. The second kappa shape index (κ2) is 8.60. The van der Waals surface area contributed by atoms with Gasteiger partial charge in [0.25, 0.3) is 0 Å². The van der Waals surface area contributed by atoms with E-state index in [1.807, 2.05) is 16.8 Å². The van der Waals surface area contributed by atoms with Crippen LogP contribution >= 0.6 is 22.7 Å². The molecule has 4 nitrogen and oxygen atoms in total. The first-order valence-corrected chi connectivity index (χ1v) is 16.6. The van der Waals surface area contributed by atoms with Crippen LogP contribution in [0.25, 0.3) is 102 Å². The average molecular weight is 609 g/mol. The summed E-state index contributed by atoms with van der Waals surface area (Å²) in [7, 11) is 0. The molecule has 6 heteroatoms. The number of hydrogen-bond acceptors (Lipinski definition) is 5. The lowest BCUT2D eigenvalue weighted by molar-refractivity contribution is 1.23. The molecule has 5 aromatic heterocycles. The normalized spacial score (nSPS) is 12.4. The Balaban J connectivity index is 1.22. The molecule has 11 aromatic rings. The Kier molecular flexibility index (Phi) is 4.58. The van der Waals surface area contributed by atoms with Crippen LogP contribution in [0.4, 0.5) is 0 Å². The van der Waals surface area contributed by atoms with Crippen molar-refractivity contribution in [3.8, 4) is 22.6 Å². The van der Waals surface area contributed by atoms with Gasteiger partial charge in [0, 0.05) is 58.2 Å². The van der Waals surface area contributed by atoms with E-state index in [1.54, 1.807) is 11.3 Å². The number of fused-ring (bicyclic) bond motifs is 12. The minimum atomic E-state index is 0.735. The molecule has 0 amide bonds. The molecule has 0 aliphatic rings. The predicted octanol–water partition coefficient (Wildman–Crippen LogP) is 11.1. The Morgan fingerprint density at radius 1 is 0.556 bits per heavy atom. The van der Waals surface area contributed by atoms with Crippen LogP contribution in [0.5, 0.6) is 0 Å². The fourth-order valence-corrected chi connectivity index (χ4v) is 9.41. The summed E-state index contributed by atoms with van der Waals surface area (Å²) in [6.07, 6.45) is 0. The Hall–Kier alpha value is -5.43. The summed E-state index contributed by atoms with van der Waals surface area (Å²) in [6.45, 7) is 0. The van der Waals surface area contributed by atoms with Crippen LogP contribution in [0.2, 0.25) is 0 Å². The zero-order chi connectivity index (χ0) is 29.2. The Morgan fingerprint density at radius 3 is 2.31 bits per heavy atom. The molecule has 0 saturated carbocycles. The lowest BCUT2D eigenvalue weighted by atomic mass is 10.0. The van der Waals surface area contributed by atoms with Gasteiger partial charge in [-0.05, 0) is 42.5 Å². The quantitative estimate of drug-likeness (QED) is 0.196. The summed E-state index contributed by atoms with van der Waals surface area (Å²) in [5, 5.41) is 8.59. The van der Waals surface area contributed by atoms with Gasteiger partial charge in [-0.2, -0.15) is 0 Å². The highest BCUT2D eigenvalue weighted by Gasteiger charge is 2.22. The summed E-state index contributed by atoms with van der Waals surface area (Å²) in [5.41, 5.74) is 10.7. The lowest BCUT2D eigenvalue weighted by Crippen LogP contribution is -1.95. The van der Waals surface area contributed by atoms with Crippen LogP contribution in [-0.2, 0) is 0 Å². The maximum atomic E-state index is 5.35. The van der Waals surface area contributed by atoms with Crippen molar-refractivity contribution >= 4 is 102 Å². The second-order valence-corrected chi connectivity index (χ2v) is 13.5. The fourth-order valence-electron chi connectivity index (χ4n) is 7.36. The number of nitrogens with zero attached hydrogens (tertiary/aromatic N) is 4. The highest BCUT2D eigenvalue weighted by Crippen LogP contribution is 2.45. The third kappa shape index (κ3) is 3.12. The van der Waals surface area contributed by atoms with E-state index in [2.05, 4.69) is 120 Å². The van der Waals surface area contributed by atoms with Gasteiger partial charge in [0.05, 0.1) is 43.5 Å². The van der Waals surface area contributed by atoms with Crippen molar-refractivity contribution < 1.29 is 0 Å². The van der Waals surface area contributed by atoms with E-state index in [-0.39, 0.29) is 0 Å². The van der Waals surface area contributed by atoms with Gasteiger partial charge < -0.3 is 4.40 Å². The van der Waals surface area contributed by atoms with Gasteiger partial charge in [-0.15, -0.1) is 22.7 Å². The molecule has 0 atom stereocenters. The second-order valence-electron chi connectivity index (χ2n) is 11.6. The molecule has 0 radical (unpaired) electrons. The van der Waals surface area contributed by atoms with Crippen molar-refractivity contribution in [1.29, 1.82) is 0 Å². The largest absolute Gasteiger partial charge is 0.308 e. The third-order valence-corrected chi connectivity index (χ3v) is 11.4. The Morgan fingerprint density at radius 2 is 1.36 bits per heavy atom. The summed E-state index contributed by atoms with van der Waals surface area (Å²) in [5.74, 6) is 0.735. The van der Waals surface area contributed by atoms with E-state index in [1.165, 1.54) is 63.0 Å². The van der Waals surface area contributed by atoms with E-state index < -0.39 is 0 Å². The molecule has 0 unspecified atom stereocenters. The maximum Gasteiger partial charge on any atom is 0.160 e. The van der Waals surface area contributed by atoms with E-state index >= 15 is 0 Å². The van der Waals surface area contributed by atoms with E-state index in [0.29, 0.717) is 0 Å². The van der Waals surface area contributed by atoms with Crippen LogP contribution in [0, 0.1) is 0 Å². The van der Waals surface area contributed by atoms with Crippen LogP contribution in [0.3, 0.4) is 0 Å². The average Bonchev–Trinajstić information content (AvgIpc) is 3.86. The molecule has 0 saturated heterocycles. The minimum Gasteiger partial charge on any atom is -0.308 e. The van der Waals surface area contributed by atoms with Crippen LogP contribution in [0.15, 0.2) is 121 Å². The molecule has 6 aromatic carbocycles. The summed E-state index contributed by atoms with van der Waals surface area (Å²) >= 11 is 3.55. The van der Waals surface area contributed by atoms with Gasteiger partial charge >= 0.3 is 0 Å². The van der Waals surface area contributed by atoms with Crippen molar-refractivity contribution in [2.24, 2.45) is 0 Å². The number of aromatic nitrogens is 4. The molecule has 11 rings (SSSR count). The molecule has 208 valence electrons. The highest BCUT2D eigenvalue weighted by atomic mass is 32.1. The highest BCUT2D eigenvalue weighted by molar-refractivity contribution is 7.26. The number of benzene rings is 6. The summed E-state index contributed by atoms with van der Waals surface area (Å²) in [6, 6.07) is 41.3. The first-order chi connectivity index (χ1) is 22.3. The van der Waals surface area contributed by atoms with Crippen molar-refractivity contribution in [2.45, 2.75) is 0 Å². The van der Waals surface area contributed by atoms with Crippen LogP contribution in [-0.4, -0.2) is 19.4 Å². The molecular formula is C39H20N4S2. The van der Waals surface area contributed by atoms with E-state index in [9.17, 15) is 0 Å². The smallest absolute Gasteiger partial charge is 0.160 e. The van der Waals surface area contributed by atoms with Crippen LogP contribution < -0.4 is 0 Å². The van der Waals surface area contributed by atoms with Gasteiger partial charge in [0.1, 0.15) is 0 Å². The third-order valence-electron chi connectivity index (χ3n) is 9.28. The molecule has 0 aliphatic carbocycles. The number of rotatable bonds is 2. The van der Waals surface area contributed by atoms with E-state index in [0.717, 1.165) is 39.1 Å². The first-order valence-electron chi connectivity index (χ1n) is 14.9. The van der Waals surface area contributed by atoms with Gasteiger partial charge in [0.15, 0.2) is 5.82 Å². The summed E-state index contributed by atoms with van der Waals surface area (Å²) in [4.78, 5) is 15.2. The van der Waals surface area contributed by atoms with Gasteiger partial charge in [-0.3, -0.25) is 0 Å². The summed E-state index contributed by atoms with van der Waals surface area (Å²) < 4.78 is 6.19.